The molecule has 1 atom stereocenters. The molecule has 0 fully saturated rings. The Labute approximate surface area is 168 Å². The number of thioether (sulfide) groups is 1. The van der Waals surface area contributed by atoms with Gasteiger partial charge >= 0.3 is 0 Å². The van der Waals surface area contributed by atoms with E-state index in [1.54, 1.807) is 24.3 Å². The van der Waals surface area contributed by atoms with Crippen molar-refractivity contribution in [2.24, 2.45) is 0 Å². The quantitative estimate of drug-likeness (QED) is 0.635. The third-order valence-corrected chi connectivity index (χ3v) is 5.35. The van der Waals surface area contributed by atoms with Gasteiger partial charge in [-0.2, -0.15) is 5.26 Å². The van der Waals surface area contributed by atoms with Gasteiger partial charge in [0.05, 0.1) is 16.5 Å². The van der Waals surface area contributed by atoms with Gasteiger partial charge < -0.3 is 9.88 Å². The van der Waals surface area contributed by atoms with Crippen LogP contribution < -0.4 is 5.32 Å². The maximum absolute atomic E-state index is 12.6. The van der Waals surface area contributed by atoms with Crippen molar-refractivity contribution in [3.63, 3.8) is 0 Å². The Morgan fingerprint density at radius 1 is 1.25 bits per heavy atom. The smallest absolute Gasteiger partial charge is 0.237 e. The lowest BCUT2D eigenvalue weighted by Crippen LogP contribution is -2.23. The molecule has 1 N–H and O–H groups in total. The second kappa shape index (κ2) is 8.72. The lowest BCUT2D eigenvalue weighted by molar-refractivity contribution is -0.115. The van der Waals surface area contributed by atoms with Gasteiger partial charge in [-0.05, 0) is 39.0 Å². The van der Waals surface area contributed by atoms with Crippen molar-refractivity contribution in [1.82, 2.24) is 14.8 Å². The summed E-state index contributed by atoms with van der Waals surface area (Å²) in [6.45, 7) is 6.58. The normalized spacial score (nSPS) is 11.6. The highest BCUT2D eigenvalue weighted by Gasteiger charge is 2.21. The Morgan fingerprint density at radius 3 is 2.75 bits per heavy atom. The lowest BCUT2D eigenvalue weighted by Gasteiger charge is -2.13. The molecule has 0 radical (unpaired) electrons. The number of carbonyl (C=O) groups is 1. The van der Waals surface area contributed by atoms with E-state index in [1.807, 2.05) is 43.5 Å². The molecule has 0 aliphatic heterocycles. The maximum atomic E-state index is 12.6. The molecular formula is C21H21N5OS. The number of anilines is 1. The first kappa shape index (κ1) is 19.6. The zero-order valence-electron chi connectivity index (χ0n) is 16.0. The predicted molar refractivity (Wildman–Crippen MR) is 111 cm³/mol. The molecule has 3 rings (SSSR count). The fourth-order valence-corrected chi connectivity index (χ4v) is 3.71. The second-order valence-electron chi connectivity index (χ2n) is 6.33. The van der Waals surface area contributed by atoms with E-state index in [1.165, 1.54) is 11.8 Å². The number of benzene rings is 2. The summed E-state index contributed by atoms with van der Waals surface area (Å²) in [5.74, 6) is 0.603. The Kier molecular flexibility index (Phi) is 6.12. The molecule has 0 aliphatic carbocycles. The number of nitrogens with zero attached hydrogens (tertiary/aromatic N) is 4. The highest BCUT2D eigenvalue weighted by molar-refractivity contribution is 8.00. The molecule has 1 amide bonds. The summed E-state index contributed by atoms with van der Waals surface area (Å²) < 4.78 is 2.01. The number of aryl methyl sites for hydroxylation is 1. The van der Waals surface area contributed by atoms with E-state index < -0.39 is 5.25 Å². The van der Waals surface area contributed by atoms with Crippen LogP contribution in [0.1, 0.15) is 25.0 Å². The number of aromatic nitrogens is 3. The SMILES string of the molecule is CCn1c(SC(C)C(=O)Nc2ccccc2C#N)nnc1-c1cccc(C)c1. The Balaban J connectivity index is 1.78. The minimum absolute atomic E-state index is 0.185. The summed E-state index contributed by atoms with van der Waals surface area (Å²) in [6, 6.07) is 17.1. The third-order valence-electron chi connectivity index (χ3n) is 4.27. The molecule has 0 aliphatic rings. The van der Waals surface area contributed by atoms with Crippen LogP contribution in [0.25, 0.3) is 11.4 Å². The summed E-state index contributed by atoms with van der Waals surface area (Å²) in [5, 5.41) is 20.9. The molecule has 1 heterocycles. The van der Waals surface area contributed by atoms with Gasteiger partial charge in [-0.3, -0.25) is 4.79 Å². The van der Waals surface area contributed by atoms with Crippen LogP contribution in [-0.4, -0.2) is 25.9 Å². The number of para-hydroxylation sites is 1. The molecule has 28 heavy (non-hydrogen) atoms. The van der Waals surface area contributed by atoms with Crippen molar-refractivity contribution in [2.75, 3.05) is 5.32 Å². The largest absolute Gasteiger partial charge is 0.324 e. The number of rotatable bonds is 6. The fraction of sp³-hybridized carbons (Fsp3) is 0.238. The summed E-state index contributed by atoms with van der Waals surface area (Å²) in [6.07, 6.45) is 0. The summed E-state index contributed by atoms with van der Waals surface area (Å²) in [5.41, 5.74) is 3.11. The minimum Gasteiger partial charge on any atom is -0.324 e. The Morgan fingerprint density at radius 2 is 2.04 bits per heavy atom. The second-order valence-corrected chi connectivity index (χ2v) is 7.63. The Hall–Kier alpha value is -3.11. The molecule has 0 saturated heterocycles. The predicted octanol–water partition coefficient (Wildman–Crippen LogP) is 4.26. The first-order valence-corrected chi connectivity index (χ1v) is 9.88. The molecule has 1 unspecified atom stereocenters. The van der Waals surface area contributed by atoms with Crippen LogP contribution >= 0.6 is 11.8 Å². The molecule has 0 bridgehead atoms. The minimum atomic E-state index is -0.397. The van der Waals surface area contributed by atoms with Gasteiger partial charge in [-0.25, -0.2) is 0 Å². The third kappa shape index (κ3) is 4.24. The van der Waals surface area contributed by atoms with E-state index in [9.17, 15) is 10.1 Å². The van der Waals surface area contributed by atoms with Crippen molar-refractivity contribution < 1.29 is 4.79 Å². The molecule has 142 valence electrons. The Bertz CT molecular complexity index is 1040. The van der Waals surface area contributed by atoms with E-state index in [2.05, 4.69) is 27.6 Å². The zero-order chi connectivity index (χ0) is 20.1. The molecule has 0 spiro atoms. The fourth-order valence-electron chi connectivity index (χ4n) is 2.79. The molecule has 0 saturated carbocycles. The highest BCUT2D eigenvalue weighted by Crippen LogP contribution is 2.28. The van der Waals surface area contributed by atoms with Gasteiger partial charge in [0.15, 0.2) is 11.0 Å². The van der Waals surface area contributed by atoms with Crippen molar-refractivity contribution in [3.05, 3.63) is 59.7 Å². The number of hydrogen-bond donors (Lipinski definition) is 1. The van der Waals surface area contributed by atoms with Crippen LogP contribution in [0.4, 0.5) is 5.69 Å². The average molecular weight is 392 g/mol. The number of nitrogens with one attached hydrogen (secondary N) is 1. The summed E-state index contributed by atoms with van der Waals surface area (Å²) in [7, 11) is 0. The van der Waals surface area contributed by atoms with Gasteiger partial charge in [-0.15, -0.1) is 10.2 Å². The van der Waals surface area contributed by atoms with Crippen molar-refractivity contribution >= 4 is 23.4 Å². The maximum Gasteiger partial charge on any atom is 0.237 e. The van der Waals surface area contributed by atoms with E-state index in [0.717, 1.165) is 17.0 Å². The first-order chi connectivity index (χ1) is 13.5. The monoisotopic (exact) mass is 391 g/mol. The molecule has 7 heteroatoms. The van der Waals surface area contributed by atoms with Crippen LogP contribution in [0.2, 0.25) is 0 Å². The summed E-state index contributed by atoms with van der Waals surface area (Å²) in [4.78, 5) is 12.6. The molecule has 2 aromatic carbocycles. The first-order valence-electron chi connectivity index (χ1n) is 9.00. The van der Waals surface area contributed by atoms with Gasteiger partial charge in [0.2, 0.25) is 5.91 Å². The van der Waals surface area contributed by atoms with Crippen molar-refractivity contribution in [3.8, 4) is 17.5 Å². The van der Waals surface area contributed by atoms with Crippen LogP contribution in [0, 0.1) is 18.3 Å². The van der Waals surface area contributed by atoms with E-state index >= 15 is 0 Å². The molecule has 1 aromatic heterocycles. The topological polar surface area (TPSA) is 83.6 Å². The standard InChI is InChI=1S/C21H21N5OS/c1-4-26-19(16-10-7-8-14(2)12-16)24-25-21(26)28-15(3)20(27)23-18-11-6-5-9-17(18)13-22/h5-12,15H,4H2,1-3H3,(H,23,27). The van der Waals surface area contributed by atoms with E-state index in [0.29, 0.717) is 23.0 Å². The van der Waals surface area contributed by atoms with Crippen LogP contribution in [0.15, 0.2) is 53.7 Å². The van der Waals surface area contributed by atoms with E-state index in [4.69, 9.17) is 0 Å². The van der Waals surface area contributed by atoms with Gasteiger partial charge in [0.1, 0.15) is 6.07 Å². The number of nitriles is 1. The zero-order valence-corrected chi connectivity index (χ0v) is 16.8. The number of hydrogen-bond acceptors (Lipinski definition) is 5. The molecule has 6 nitrogen and oxygen atoms in total. The molecular weight excluding hydrogens is 370 g/mol. The number of amides is 1. The van der Waals surface area contributed by atoms with Crippen LogP contribution in [-0.2, 0) is 11.3 Å². The van der Waals surface area contributed by atoms with Crippen molar-refractivity contribution in [2.45, 2.75) is 37.7 Å². The lowest BCUT2D eigenvalue weighted by atomic mass is 10.1. The highest BCUT2D eigenvalue weighted by atomic mass is 32.2. The van der Waals surface area contributed by atoms with Crippen molar-refractivity contribution in [1.29, 1.82) is 5.26 Å². The molecule has 3 aromatic rings. The van der Waals surface area contributed by atoms with Gasteiger partial charge in [0.25, 0.3) is 0 Å². The van der Waals surface area contributed by atoms with E-state index in [-0.39, 0.29) is 5.91 Å². The van der Waals surface area contributed by atoms with Crippen LogP contribution in [0.5, 0.6) is 0 Å². The van der Waals surface area contributed by atoms with Crippen LogP contribution in [0.3, 0.4) is 0 Å². The van der Waals surface area contributed by atoms with Gasteiger partial charge in [-0.1, -0.05) is 47.7 Å². The summed E-state index contributed by atoms with van der Waals surface area (Å²) >= 11 is 1.35. The van der Waals surface area contributed by atoms with Gasteiger partial charge in [0, 0.05) is 12.1 Å². The number of carbonyl (C=O) groups excluding carboxylic acids is 1. The average Bonchev–Trinajstić information content (AvgIpc) is 3.10.